The van der Waals surface area contributed by atoms with Crippen molar-refractivity contribution >= 4 is 11.8 Å². The lowest BCUT2D eigenvalue weighted by atomic mass is 10.2. The van der Waals surface area contributed by atoms with Crippen molar-refractivity contribution in [1.82, 2.24) is 14.8 Å². The van der Waals surface area contributed by atoms with Crippen LogP contribution in [0.3, 0.4) is 0 Å². The van der Waals surface area contributed by atoms with Crippen LogP contribution in [0.2, 0.25) is 0 Å². The molecular formula is C21H15FN4OS. The lowest BCUT2D eigenvalue weighted by molar-refractivity contribution is 0.485. The normalized spacial score (nSPS) is 10.7. The number of rotatable bonds is 6. The Morgan fingerprint density at radius 2 is 1.86 bits per heavy atom. The Morgan fingerprint density at radius 1 is 1.04 bits per heavy atom. The molecule has 7 heteroatoms. The number of nitrogens with zero attached hydrogens (tertiary/aromatic N) is 4. The maximum Gasteiger partial charge on any atom is 0.192 e. The quantitative estimate of drug-likeness (QED) is 0.439. The van der Waals surface area contributed by atoms with E-state index in [2.05, 4.69) is 16.3 Å². The average Bonchev–Trinajstić information content (AvgIpc) is 3.38. The molecule has 0 saturated carbocycles. The number of hydrogen-bond donors (Lipinski definition) is 0. The maximum absolute atomic E-state index is 14.3. The second-order valence-electron chi connectivity index (χ2n) is 6.05. The van der Waals surface area contributed by atoms with Crippen LogP contribution in [0, 0.1) is 17.1 Å². The van der Waals surface area contributed by atoms with Gasteiger partial charge in [0.05, 0.1) is 30.0 Å². The van der Waals surface area contributed by atoms with E-state index in [-0.39, 0.29) is 5.82 Å². The van der Waals surface area contributed by atoms with Crippen LogP contribution in [-0.2, 0) is 12.3 Å². The summed E-state index contributed by atoms with van der Waals surface area (Å²) in [7, 11) is 0. The van der Waals surface area contributed by atoms with Gasteiger partial charge in [0.2, 0.25) is 0 Å². The average molecular weight is 390 g/mol. The van der Waals surface area contributed by atoms with Gasteiger partial charge in [-0.1, -0.05) is 36.0 Å². The largest absolute Gasteiger partial charge is 0.467 e. The molecule has 4 aromatic rings. The minimum atomic E-state index is -0.348. The van der Waals surface area contributed by atoms with Crippen LogP contribution >= 0.6 is 11.8 Å². The van der Waals surface area contributed by atoms with Crippen LogP contribution in [0.25, 0.3) is 11.4 Å². The molecule has 0 unspecified atom stereocenters. The van der Waals surface area contributed by atoms with E-state index in [0.29, 0.717) is 34.4 Å². The number of nitriles is 1. The maximum atomic E-state index is 14.3. The van der Waals surface area contributed by atoms with Crippen molar-refractivity contribution in [2.24, 2.45) is 0 Å². The molecule has 0 aliphatic rings. The zero-order chi connectivity index (χ0) is 19.3. The summed E-state index contributed by atoms with van der Waals surface area (Å²) >= 11 is 1.50. The number of furan rings is 1. The molecule has 0 aliphatic heterocycles. The van der Waals surface area contributed by atoms with Crippen LogP contribution in [0.1, 0.15) is 16.9 Å². The molecule has 2 aromatic carbocycles. The number of thioether (sulfide) groups is 1. The molecule has 0 aliphatic carbocycles. The van der Waals surface area contributed by atoms with E-state index >= 15 is 0 Å². The highest BCUT2D eigenvalue weighted by Crippen LogP contribution is 2.28. The molecular weight excluding hydrogens is 375 g/mol. The monoisotopic (exact) mass is 390 g/mol. The molecule has 0 bridgehead atoms. The van der Waals surface area contributed by atoms with Gasteiger partial charge >= 0.3 is 0 Å². The summed E-state index contributed by atoms with van der Waals surface area (Å²) in [5, 5.41) is 18.1. The Bertz CT molecular complexity index is 1110. The molecule has 2 heterocycles. The summed E-state index contributed by atoms with van der Waals surface area (Å²) in [6, 6.07) is 19.7. The smallest absolute Gasteiger partial charge is 0.192 e. The molecule has 0 atom stereocenters. The van der Waals surface area contributed by atoms with Gasteiger partial charge in [0.25, 0.3) is 0 Å². The van der Waals surface area contributed by atoms with E-state index in [9.17, 15) is 4.39 Å². The first kappa shape index (κ1) is 18.0. The Balaban J connectivity index is 1.64. The molecule has 0 fully saturated rings. The summed E-state index contributed by atoms with van der Waals surface area (Å²) in [6.07, 6.45) is 1.60. The number of benzene rings is 2. The van der Waals surface area contributed by atoms with Crippen molar-refractivity contribution in [3.63, 3.8) is 0 Å². The van der Waals surface area contributed by atoms with Crippen LogP contribution in [0.5, 0.6) is 0 Å². The Hall–Kier alpha value is -3.37. The van der Waals surface area contributed by atoms with Crippen molar-refractivity contribution in [3.05, 3.63) is 89.6 Å². The number of hydrogen-bond acceptors (Lipinski definition) is 5. The highest BCUT2D eigenvalue weighted by molar-refractivity contribution is 7.98. The van der Waals surface area contributed by atoms with E-state index in [1.807, 2.05) is 28.8 Å². The van der Waals surface area contributed by atoms with E-state index in [0.717, 1.165) is 11.3 Å². The Labute approximate surface area is 165 Å². The molecule has 0 saturated heterocycles. The van der Waals surface area contributed by atoms with Gasteiger partial charge in [0.1, 0.15) is 11.6 Å². The molecule has 4 rings (SSSR count). The summed E-state index contributed by atoms with van der Waals surface area (Å²) < 4.78 is 21.6. The third kappa shape index (κ3) is 3.82. The molecule has 138 valence electrons. The molecule has 5 nitrogen and oxygen atoms in total. The lowest BCUT2D eigenvalue weighted by Gasteiger charge is -2.09. The summed E-state index contributed by atoms with van der Waals surface area (Å²) in [6.45, 7) is 0.402. The van der Waals surface area contributed by atoms with Crippen LogP contribution in [0.15, 0.2) is 76.5 Å². The van der Waals surface area contributed by atoms with Gasteiger partial charge in [-0.3, -0.25) is 4.57 Å². The highest BCUT2D eigenvalue weighted by atomic mass is 32.2. The second-order valence-corrected chi connectivity index (χ2v) is 6.99. The van der Waals surface area contributed by atoms with E-state index < -0.39 is 0 Å². The topological polar surface area (TPSA) is 67.6 Å². The SMILES string of the molecule is N#Cc1ccc(CSc2nnc(-c3ccccc3F)n2Cc2ccco2)cc1. The molecule has 0 radical (unpaired) electrons. The summed E-state index contributed by atoms with van der Waals surface area (Å²) in [5.74, 6) is 1.49. The Morgan fingerprint density at radius 3 is 2.57 bits per heavy atom. The first-order valence-corrected chi connectivity index (χ1v) is 9.55. The predicted molar refractivity (Wildman–Crippen MR) is 104 cm³/mol. The van der Waals surface area contributed by atoms with Crippen molar-refractivity contribution < 1.29 is 8.81 Å². The molecule has 0 spiro atoms. The number of aromatic nitrogens is 3. The highest BCUT2D eigenvalue weighted by Gasteiger charge is 2.18. The van der Waals surface area contributed by atoms with Gasteiger partial charge in [-0.05, 0) is 42.0 Å². The molecule has 0 N–H and O–H groups in total. The third-order valence-corrected chi connectivity index (χ3v) is 5.21. The van der Waals surface area contributed by atoms with Gasteiger partial charge in [-0.15, -0.1) is 10.2 Å². The van der Waals surface area contributed by atoms with Crippen molar-refractivity contribution in [3.8, 4) is 17.5 Å². The van der Waals surface area contributed by atoms with Gasteiger partial charge < -0.3 is 4.42 Å². The predicted octanol–water partition coefficient (Wildman–Crippen LogP) is 4.89. The van der Waals surface area contributed by atoms with Gasteiger partial charge in [0, 0.05) is 5.75 Å². The molecule has 2 aromatic heterocycles. The van der Waals surface area contributed by atoms with E-state index in [4.69, 9.17) is 9.68 Å². The minimum absolute atomic E-state index is 0.348. The van der Waals surface area contributed by atoms with Crippen molar-refractivity contribution in [2.45, 2.75) is 17.5 Å². The zero-order valence-electron chi connectivity index (χ0n) is 14.7. The van der Waals surface area contributed by atoms with Crippen LogP contribution < -0.4 is 0 Å². The standard InChI is InChI=1S/C21H15FN4OS/c22-19-6-2-1-5-18(19)20-24-25-21(26(20)13-17-4-3-11-27-17)28-14-16-9-7-15(12-23)8-10-16/h1-11H,13-14H2. The van der Waals surface area contributed by atoms with Gasteiger partial charge in [0.15, 0.2) is 11.0 Å². The molecule has 0 amide bonds. The minimum Gasteiger partial charge on any atom is -0.467 e. The fourth-order valence-corrected chi connectivity index (χ4v) is 3.66. The Kier molecular flexibility index (Phi) is 5.22. The zero-order valence-corrected chi connectivity index (χ0v) is 15.6. The fourth-order valence-electron chi connectivity index (χ4n) is 2.76. The summed E-state index contributed by atoms with van der Waals surface area (Å²) in [5.41, 5.74) is 2.08. The lowest BCUT2D eigenvalue weighted by Crippen LogP contribution is -2.04. The van der Waals surface area contributed by atoms with Crippen LogP contribution in [-0.4, -0.2) is 14.8 Å². The van der Waals surface area contributed by atoms with Crippen LogP contribution in [0.4, 0.5) is 4.39 Å². The van der Waals surface area contributed by atoms with Crippen molar-refractivity contribution in [1.29, 1.82) is 5.26 Å². The van der Waals surface area contributed by atoms with Gasteiger partial charge in [-0.25, -0.2) is 4.39 Å². The van der Waals surface area contributed by atoms with E-state index in [1.165, 1.54) is 17.8 Å². The number of halogens is 1. The first-order valence-electron chi connectivity index (χ1n) is 8.57. The van der Waals surface area contributed by atoms with Crippen molar-refractivity contribution in [2.75, 3.05) is 0 Å². The first-order chi connectivity index (χ1) is 13.7. The second kappa shape index (κ2) is 8.11. The van der Waals surface area contributed by atoms with Gasteiger partial charge in [-0.2, -0.15) is 5.26 Å². The van der Waals surface area contributed by atoms with E-state index in [1.54, 1.807) is 36.6 Å². The molecule has 28 heavy (non-hydrogen) atoms. The summed E-state index contributed by atoms with van der Waals surface area (Å²) in [4.78, 5) is 0. The fraction of sp³-hybridized carbons (Fsp3) is 0.0952. The third-order valence-electron chi connectivity index (χ3n) is 4.18.